The Kier molecular flexibility index (Phi) is 8.68. The largest absolute Gasteiger partial charge is 0.399 e. The number of hydrogen-bond acceptors (Lipinski definition) is 4. The summed E-state index contributed by atoms with van der Waals surface area (Å²) in [5.74, 6) is 0. The monoisotopic (exact) mass is 238 g/mol. The van der Waals surface area contributed by atoms with Crippen LogP contribution in [0, 0.1) is 0 Å². The highest BCUT2D eigenvalue weighted by Crippen LogP contribution is 2.13. The number of benzene rings is 1. The minimum absolute atomic E-state index is 0. The van der Waals surface area contributed by atoms with E-state index in [4.69, 9.17) is 5.73 Å². The van der Waals surface area contributed by atoms with Crippen LogP contribution in [0.25, 0.3) is 0 Å². The molecule has 0 aromatic heterocycles. The highest BCUT2D eigenvalue weighted by molar-refractivity contribution is 5.85. The average molecular weight is 239 g/mol. The molecule has 0 amide bonds. The summed E-state index contributed by atoms with van der Waals surface area (Å²) in [6.45, 7) is 0. The number of anilines is 2. The molecule has 4 N–H and O–H groups in total. The van der Waals surface area contributed by atoms with E-state index in [-0.39, 0.29) is 24.8 Å². The van der Waals surface area contributed by atoms with Crippen molar-refractivity contribution in [3.8, 4) is 0 Å². The Morgan fingerprint density at radius 3 is 2.14 bits per heavy atom. The third kappa shape index (κ3) is 4.02. The first-order valence-corrected chi connectivity index (χ1v) is 3.78. The Morgan fingerprint density at radius 2 is 1.71 bits per heavy atom. The van der Waals surface area contributed by atoms with Crippen molar-refractivity contribution in [1.29, 1.82) is 0 Å². The number of nitrogens with one attached hydrogen (secondary N) is 2. The quantitative estimate of drug-likeness (QED) is 0.547. The summed E-state index contributed by atoms with van der Waals surface area (Å²) in [5.41, 5.74) is 13.3. The topological polar surface area (TPSA) is 53.3 Å². The van der Waals surface area contributed by atoms with Gasteiger partial charge in [0, 0.05) is 19.8 Å². The lowest BCUT2D eigenvalue weighted by atomic mass is 10.3. The highest BCUT2D eigenvalue weighted by atomic mass is 35.5. The fraction of sp³-hybridized carbons (Fsp3) is 0.250. The van der Waals surface area contributed by atoms with Crippen molar-refractivity contribution >= 4 is 36.2 Å². The Balaban J connectivity index is 0. The minimum atomic E-state index is 0. The predicted octanol–water partition coefficient (Wildman–Crippen LogP) is 1.19. The first-order valence-electron chi connectivity index (χ1n) is 3.78. The van der Waals surface area contributed by atoms with Crippen LogP contribution in [0.3, 0.4) is 0 Å². The summed E-state index contributed by atoms with van der Waals surface area (Å²) in [6.07, 6.45) is 0. The third-order valence-corrected chi connectivity index (χ3v) is 1.58. The molecule has 0 aliphatic rings. The van der Waals surface area contributed by atoms with Gasteiger partial charge in [-0.25, -0.2) is 16.0 Å². The zero-order valence-electron chi connectivity index (χ0n) is 8.15. The Bertz CT molecular complexity index is 253. The molecule has 0 saturated heterocycles. The van der Waals surface area contributed by atoms with Crippen LogP contribution in [0.2, 0.25) is 0 Å². The SMILES string of the molecule is CNN(NC)c1cccc(N)c1.Cl.Cl. The lowest BCUT2D eigenvalue weighted by molar-refractivity contribution is 0.624. The van der Waals surface area contributed by atoms with Crippen molar-refractivity contribution in [3.63, 3.8) is 0 Å². The van der Waals surface area contributed by atoms with E-state index in [0.29, 0.717) is 0 Å². The standard InChI is InChI=1S/C8H14N4.2ClH/c1-10-12(11-2)8-5-3-4-7(9)6-8;;/h3-6,10-11H,9H2,1-2H3;2*1H. The van der Waals surface area contributed by atoms with Gasteiger partial charge in [0.15, 0.2) is 0 Å². The number of nitrogens with zero attached hydrogens (tertiary/aromatic N) is 1. The van der Waals surface area contributed by atoms with Gasteiger partial charge in [0.1, 0.15) is 0 Å². The molecule has 0 saturated carbocycles. The molecule has 0 aliphatic carbocycles. The van der Waals surface area contributed by atoms with Crippen LogP contribution in [0.4, 0.5) is 11.4 Å². The molecule has 0 atom stereocenters. The second-order valence-electron chi connectivity index (χ2n) is 2.38. The summed E-state index contributed by atoms with van der Waals surface area (Å²) in [7, 11) is 3.67. The molecule has 1 aromatic rings. The van der Waals surface area contributed by atoms with Crippen molar-refractivity contribution in [2.45, 2.75) is 0 Å². The van der Waals surface area contributed by atoms with Gasteiger partial charge in [-0.2, -0.15) is 0 Å². The van der Waals surface area contributed by atoms with Crippen molar-refractivity contribution in [2.24, 2.45) is 0 Å². The van der Waals surface area contributed by atoms with Crippen LogP contribution in [-0.4, -0.2) is 14.1 Å². The van der Waals surface area contributed by atoms with Crippen LogP contribution in [0.1, 0.15) is 0 Å². The smallest absolute Gasteiger partial charge is 0.0722 e. The molecule has 4 nitrogen and oxygen atoms in total. The summed E-state index contributed by atoms with van der Waals surface area (Å²) in [4.78, 5) is 0. The summed E-state index contributed by atoms with van der Waals surface area (Å²) >= 11 is 0. The molecule has 0 bridgehead atoms. The number of nitrogens with two attached hydrogens (primary N) is 1. The summed E-state index contributed by atoms with van der Waals surface area (Å²) in [5, 5.41) is 1.77. The number of rotatable bonds is 3. The first-order chi connectivity index (χ1) is 5.77. The molecule has 0 heterocycles. The van der Waals surface area contributed by atoms with Gasteiger partial charge in [0.2, 0.25) is 0 Å². The van der Waals surface area contributed by atoms with E-state index in [9.17, 15) is 0 Å². The van der Waals surface area contributed by atoms with Gasteiger partial charge in [0.25, 0.3) is 0 Å². The fourth-order valence-corrected chi connectivity index (χ4v) is 1.03. The molecular formula is C8H16Cl2N4. The molecule has 1 rings (SSSR count). The predicted molar refractivity (Wildman–Crippen MR) is 65.9 cm³/mol. The molecule has 0 fully saturated rings. The van der Waals surface area contributed by atoms with Crippen LogP contribution in [0.5, 0.6) is 0 Å². The number of hydrogen-bond donors (Lipinski definition) is 3. The minimum Gasteiger partial charge on any atom is -0.399 e. The van der Waals surface area contributed by atoms with E-state index >= 15 is 0 Å². The zero-order valence-corrected chi connectivity index (χ0v) is 9.78. The van der Waals surface area contributed by atoms with Crippen molar-refractivity contribution in [1.82, 2.24) is 10.9 Å². The van der Waals surface area contributed by atoms with E-state index in [0.717, 1.165) is 11.4 Å². The second kappa shape index (κ2) is 7.70. The van der Waals surface area contributed by atoms with E-state index in [1.165, 1.54) is 0 Å². The lowest BCUT2D eigenvalue weighted by Crippen LogP contribution is -2.44. The van der Waals surface area contributed by atoms with Gasteiger partial charge in [0.05, 0.1) is 5.69 Å². The maximum absolute atomic E-state index is 5.62. The normalized spacial score (nSPS) is 8.43. The van der Waals surface area contributed by atoms with Gasteiger partial charge >= 0.3 is 0 Å². The number of nitrogen functional groups attached to an aromatic ring is 1. The van der Waals surface area contributed by atoms with Crippen molar-refractivity contribution < 1.29 is 0 Å². The lowest BCUT2D eigenvalue weighted by Gasteiger charge is -2.21. The van der Waals surface area contributed by atoms with E-state index in [2.05, 4.69) is 10.9 Å². The second-order valence-corrected chi connectivity index (χ2v) is 2.38. The maximum atomic E-state index is 5.62. The Labute approximate surface area is 96.6 Å². The number of halogens is 2. The third-order valence-electron chi connectivity index (χ3n) is 1.58. The molecule has 0 radical (unpaired) electrons. The van der Waals surface area contributed by atoms with E-state index < -0.39 is 0 Å². The average Bonchev–Trinajstić information content (AvgIpc) is 2.07. The van der Waals surface area contributed by atoms with Gasteiger partial charge in [-0.3, -0.25) is 0 Å². The van der Waals surface area contributed by atoms with Crippen LogP contribution in [0.15, 0.2) is 24.3 Å². The van der Waals surface area contributed by atoms with Crippen molar-refractivity contribution in [2.75, 3.05) is 24.9 Å². The Morgan fingerprint density at radius 1 is 1.14 bits per heavy atom. The van der Waals surface area contributed by atoms with Crippen LogP contribution >= 0.6 is 24.8 Å². The first kappa shape index (κ1) is 15.8. The Hall–Kier alpha value is -0.680. The van der Waals surface area contributed by atoms with Gasteiger partial charge in [-0.1, -0.05) is 6.07 Å². The molecule has 1 aromatic carbocycles. The van der Waals surface area contributed by atoms with Crippen molar-refractivity contribution in [3.05, 3.63) is 24.3 Å². The molecule has 6 heteroatoms. The van der Waals surface area contributed by atoms with E-state index in [1.54, 1.807) is 5.12 Å². The summed E-state index contributed by atoms with van der Waals surface area (Å²) < 4.78 is 0. The van der Waals surface area contributed by atoms with Gasteiger partial charge in [-0.15, -0.1) is 24.8 Å². The number of hydrazine groups is 2. The summed E-state index contributed by atoms with van der Waals surface area (Å²) in [6, 6.07) is 7.61. The van der Waals surface area contributed by atoms with Crippen LogP contribution < -0.4 is 21.7 Å². The highest BCUT2D eigenvalue weighted by Gasteiger charge is 1.99. The fourth-order valence-electron chi connectivity index (χ4n) is 1.03. The zero-order chi connectivity index (χ0) is 8.97. The van der Waals surface area contributed by atoms with Gasteiger partial charge in [-0.05, 0) is 18.2 Å². The molecule has 82 valence electrons. The molecule has 0 unspecified atom stereocenters. The molecule has 0 spiro atoms. The van der Waals surface area contributed by atoms with Gasteiger partial charge < -0.3 is 5.73 Å². The van der Waals surface area contributed by atoms with E-state index in [1.807, 2.05) is 38.4 Å². The van der Waals surface area contributed by atoms with Crippen LogP contribution in [-0.2, 0) is 0 Å². The molecular weight excluding hydrogens is 223 g/mol. The maximum Gasteiger partial charge on any atom is 0.0722 e. The molecule has 14 heavy (non-hydrogen) atoms. The molecule has 0 aliphatic heterocycles.